The van der Waals surface area contributed by atoms with Crippen LogP contribution in [0.4, 0.5) is 0 Å². The molecule has 0 radical (unpaired) electrons. The molecule has 0 unspecified atom stereocenters. The minimum atomic E-state index is -0.0830. The van der Waals surface area contributed by atoms with Crippen molar-refractivity contribution in [3.63, 3.8) is 0 Å². The Labute approximate surface area is 98.3 Å². The fourth-order valence-electron chi connectivity index (χ4n) is 1.60. The molecule has 0 spiro atoms. The van der Waals surface area contributed by atoms with Crippen LogP contribution in [-0.4, -0.2) is 27.1 Å². The van der Waals surface area contributed by atoms with E-state index in [1.165, 1.54) is 0 Å². The van der Waals surface area contributed by atoms with Crippen LogP contribution in [0.2, 0.25) is 0 Å². The van der Waals surface area contributed by atoms with Crippen molar-refractivity contribution in [3.8, 4) is 11.3 Å². The second-order valence-electron chi connectivity index (χ2n) is 4.15. The lowest BCUT2D eigenvalue weighted by Gasteiger charge is -1.98. The van der Waals surface area contributed by atoms with Crippen LogP contribution in [-0.2, 0) is 0 Å². The van der Waals surface area contributed by atoms with Crippen molar-refractivity contribution in [1.29, 1.82) is 0 Å². The Hall–Kier alpha value is -2.17. The van der Waals surface area contributed by atoms with Gasteiger partial charge in [-0.15, -0.1) is 0 Å². The molecule has 1 aliphatic rings. The summed E-state index contributed by atoms with van der Waals surface area (Å²) in [5.74, 6) is -0.0830. The molecular formula is C12H12N4O. The van der Waals surface area contributed by atoms with E-state index >= 15 is 0 Å². The summed E-state index contributed by atoms with van der Waals surface area (Å²) >= 11 is 0. The van der Waals surface area contributed by atoms with Crippen molar-refractivity contribution in [2.75, 3.05) is 0 Å². The quantitative estimate of drug-likeness (QED) is 0.833. The topological polar surface area (TPSA) is 70.7 Å². The summed E-state index contributed by atoms with van der Waals surface area (Å²) < 4.78 is 0. The van der Waals surface area contributed by atoms with E-state index in [1.54, 1.807) is 18.5 Å². The molecule has 86 valence electrons. The molecule has 2 aromatic rings. The number of nitrogens with one attached hydrogen (secondary N) is 2. The number of carbonyl (C=O) groups excluding carboxylic acids is 1. The Morgan fingerprint density at radius 1 is 1.35 bits per heavy atom. The smallest absolute Gasteiger partial charge is 0.269 e. The second kappa shape index (κ2) is 4.01. The Bertz CT molecular complexity index is 530. The molecule has 0 saturated heterocycles. The SMILES string of the molecule is O=C(NC1CC1)c1cc(-c2ccncc2)n[nH]1. The zero-order valence-corrected chi connectivity index (χ0v) is 9.18. The largest absolute Gasteiger partial charge is 0.348 e. The van der Waals surface area contributed by atoms with Crippen molar-refractivity contribution in [2.45, 2.75) is 18.9 Å². The summed E-state index contributed by atoms with van der Waals surface area (Å²) in [6.07, 6.45) is 5.57. The van der Waals surface area contributed by atoms with Gasteiger partial charge in [-0.1, -0.05) is 0 Å². The van der Waals surface area contributed by atoms with Gasteiger partial charge in [0.25, 0.3) is 5.91 Å². The fraction of sp³-hybridized carbons (Fsp3) is 0.250. The zero-order valence-electron chi connectivity index (χ0n) is 9.18. The summed E-state index contributed by atoms with van der Waals surface area (Å²) in [6.45, 7) is 0. The van der Waals surface area contributed by atoms with Gasteiger partial charge in [0.2, 0.25) is 0 Å². The lowest BCUT2D eigenvalue weighted by Crippen LogP contribution is -2.25. The van der Waals surface area contributed by atoms with Gasteiger partial charge in [-0.25, -0.2) is 0 Å². The minimum absolute atomic E-state index is 0.0830. The number of aromatic amines is 1. The maximum atomic E-state index is 11.7. The van der Waals surface area contributed by atoms with Crippen LogP contribution >= 0.6 is 0 Å². The molecule has 2 aromatic heterocycles. The molecule has 17 heavy (non-hydrogen) atoms. The van der Waals surface area contributed by atoms with E-state index in [-0.39, 0.29) is 5.91 Å². The summed E-state index contributed by atoms with van der Waals surface area (Å²) in [7, 11) is 0. The number of nitrogens with zero attached hydrogens (tertiary/aromatic N) is 2. The van der Waals surface area contributed by atoms with Gasteiger partial charge >= 0.3 is 0 Å². The van der Waals surface area contributed by atoms with Gasteiger partial charge in [-0.05, 0) is 31.0 Å². The van der Waals surface area contributed by atoms with Crippen LogP contribution in [0.5, 0.6) is 0 Å². The number of rotatable bonds is 3. The van der Waals surface area contributed by atoms with Gasteiger partial charge in [0.05, 0.1) is 5.69 Å². The van der Waals surface area contributed by atoms with Gasteiger partial charge in [-0.2, -0.15) is 5.10 Å². The van der Waals surface area contributed by atoms with Gasteiger partial charge in [0.1, 0.15) is 5.69 Å². The van der Waals surface area contributed by atoms with E-state index in [0.29, 0.717) is 11.7 Å². The van der Waals surface area contributed by atoms with Crippen LogP contribution in [0.25, 0.3) is 11.3 Å². The first-order valence-corrected chi connectivity index (χ1v) is 5.59. The predicted molar refractivity (Wildman–Crippen MR) is 62.3 cm³/mol. The summed E-state index contributed by atoms with van der Waals surface area (Å²) in [6, 6.07) is 5.83. The van der Waals surface area contributed by atoms with Crippen LogP contribution in [0.15, 0.2) is 30.6 Å². The van der Waals surface area contributed by atoms with E-state index in [9.17, 15) is 4.79 Å². The molecule has 2 heterocycles. The number of pyridine rings is 1. The lowest BCUT2D eigenvalue weighted by atomic mass is 10.2. The lowest BCUT2D eigenvalue weighted by molar-refractivity contribution is 0.0946. The van der Waals surface area contributed by atoms with Gasteiger partial charge in [-0.3, -0.25) is 14.9 Å². The maximum absolute atomic E-state index is 11.7. The first kappa shape index (κ1) is 10.0. The number of carbonyl (C=O) groups is 1. The van der Waals surface area contributed by atoms with Crippen LogP contribution in [0.3, 0.4) is 0 Å². The van der Waals surface area contributed by atoms with Crippen LogP contribution < -0.4 is 5.32 Å². The second-order valence-corrected chi connectivity index (χ2v) is 4.15. The maximum Gasteiger partial charge on any atom is 0.269 e. The first-order valence-electron chi connectivity index (χ1n) is 5.59. The number of hydrogen-bond acceptors (Lipinski definition) is 3. The third-order valence-corrected chi connectivity index (χ3v) is 2.71. The third kappa shape index (κ3) is 2.18. The van der Waals surface area contributed by atoms with E-state index in [4.69, 9.17) is 0 Å². The highest BCUT2D eigenvalue weighted by molar-refractivity contribution is 5.93. The molecule has 0 aromatic carbocycles. The Morgan fingerprint density at radius 2 is 2.12 bits per heavy atom. The minimum Gasteiger partial charge on any atom is -0.348 e. The predicted octanol–water partition coefficient (Wildman–Crippen LogP) is 1.36. The van der Waals surface area contributed by atoms with Crippen LogP contribution in [0, 0.1) is 0 Å². The molecule has 5 heteroatoms. The van der Waals surface area contributed by atoms with E-state index in [1.807, 2.05) is 12.1 Å². The average Bonchev–Trinajstić information content (AvgIpc) is 3.04. The molecule has 1 fully saturated rings. The Balaban J connectivity index is 1.80. The standard InChI is InChI=1S/C12H12N4O/c17-12(14-9-1-2-9)11-7-10(15-16-11)8-3-5-13-6-4-8/h3-7,9H,1-2H2,(H,14,17)(H,15,16). The fourth-order valence-corrected chi connectivity index (χ4v) is 1.60. The highest BCUT2D eigenvalue weighted by Crippen LogP contribution is 2.20. The molecule has 0 aliphatic heterocycles. The third-order valence-electron chi connectivity index (χ3n) is 2.71. The van der Waals surface area contributed by atoms with Gasteiger partial charge < -0.3 is 5.32 Å². The van der Waals surface area contributed by atoms with Crippen molar-refractivity contribution in [3.05, 3.63) is 36.3 Å². The van der Waals surface area contributed by atoms with E-state index < -0.39 is 0 Å². The molecule has 2 N–H and O–H groups in total. The van der Waals surface area contributed by atoms with Crippen molar-refractivity contribution in [2.24, 2.45) is 0 Å². The highest BCUT2D eigenvalue weighted by atomic mass is 16.2. The normalized spacial score (nSPS) is 14.6. The highest BCUT2D eigenvalue weighted by Gasteiger charge is 2.24. The van der Waals surface area contributed by atoms with Gasteiger partial charge in [0, 0.05) is 24.0 Å². The molecule has 1 amide bonds. The van der Waals surface area contributed by atoms with Crippen LogP contribution in [0.1, 0.15) is 23.3 Å². The molecule has 3 rings (SSSR count). The number of H-pyrrole nitrogens is 1. The first-order chi connectivity index (χ1) is 8.33. The molecule has 5 nitrogen and oxygen atoms in total. The molecule has 1 saturated carbocycles. The molecular weight excluding hydrogens is 216 g/mol. The Kier molecular flexibility index (Phi) is 2.36. The monoisotopic (exact) mass is 228 g/mol. The Morgan fingerprint density at radius 3 is 2.82 bits per heavy atom. The van der Waals surface area contributed by atoms with E-state index in [0.717, 1.165) is 24.1 Å². The van der Waals surface area contributed by atoms with Crippen molar-refractivity contribution < 1.29 is 4.79 Å². The van der Waals surface area contributed by atoms with E-state index in [2.05, 4.69) is 20.5 Å². The number of aromatic nitrogens is 3. The molecule has 0 atom stereocenters. The molecule has 0 bridgehead atoms. The summed E-state index contributed by atoms with van der Waals surface area (Å²) in [5, 5.41) is 9.79. The average molecular weight is 228 g/mol. The number of hydrogen-bond donors (Lipinski definition) is 2. The van der Waals surface area contributed by atoms with Crippen molar-refractivity contribution >= 4 is 5.91 Å². The summed E-state index contributed by atoms with van der Waals surface area (Å²) in [4.78, 5) is 15.7. The molecule has 1 aliphatic carbocycles. The van der Waals surface area contributed by atoms with Crippen molar-refractivity contribution in [1.82, 2.24) is 20.5 Å². The summed E-state index contributed by atoms with van der Waals surface area (Å²) in [5.41, 5.74) is 2.21. The number of amides is 1. The van der Waals surface area contributed by atoms with Gasteiger partial charge in [0.15, 0.2) is 0 Å². The zero-order chi connectivity index (χ0) is 11.7.